The lowest BCUT2D eigenvalue weighted by atomic mass is 9.95. The molecule has 21 heavy (non-hydrogen) atoms. The van der Waals surface area contributed by atoms with E-state index in [4.69, 9.17) is 4.74 Å². The van der Waals surface area contributed by atoms with E-state index in [1.165, 1.54) is 12.1 Å². The first-order valence-electron chi connectivity index (χ1n) is 6.99. The van der Waals surface area contributed by atoms with Gasteiger partial charge in [0.15, 0.2) is 0 Å². The molecule has 1 saturated heterocycles. The summed E-state index contributed by atoms with van der Waals surface area (Å²) in [5.74, 6) is 0. The molecule has 0 bridgehead atoms. The maximum absolute atomic E-state index is 12.0. The Kier molecular flexibility index (Phi) is 4.16. The highest BCUT2D eigenvalue weighted by Crippen LogP contribution is 2.25. The summed E-state index contributed by atoms with van der Waals surface area (Å²) in [7, 11) is 0. The molecule has 0 aromatic heterocycles. The van der Waals surface area contributed by atoms with Crippen molar-refractivity contribution in [2.45, 2.75) is 45.3 Å². The van der Waals surface area contributed by atoms with Gasteiger partial charge in [0.2, 0.25) is 0 Å². The van der Waals surface area contributed by atoms with Gasteiger partial charge in [-0.3, -0.25) is 10.1 Å². The topological polar surface area (TPSA) is 72.7 Å². The highest BCUT2D eigenvalue weighted by Gasteiger charge is 2.35. The number of rotatable bonds is 3. The summed E-state index contributed by atoms with van der Waals surface area (Å²) in [4.78, 5) is 23.9. The molecule has 0 N–H and O–H groups in total. The van der Waals surface area contributed by atoms with Gasteiger partial charge in [-0.05, 0) is 39.2 Å². The van der Waals surface area contributed by atoms with Crippen LogP contribution >= 0.6 is 0 Å². The van der Waals surface area contributed by atoms with Gasteiger partial charge < -0.3 is 9.64 Å². The lowest BCUT2D eigenvalue weighted by molar-refractivity contribution is -0.384. The SMILES string of the molecule is CC(C)(C)OC(=O)N1CCC1Cc1ccc([N+](=O)[O-])cc1. The molecule has 1 aliphatic rings. The molecule has 2 rings (SSSR count). The number of likely N-dealkylation sites (tertiary alicyclic amines) is 1. The van der Waals surface area contributed by atoms with Crippen molar-refractivity contribution in [3.8, 4) is 0 Å². The van der Waals surface area contributed by atoms with Gasteiger partial charge in [-0.25, -0.2) is 4.79 Å². The smallest absolute Gasteiger partial charge is 0.410 e. The van der Waals surface area contributed by atoms with Crippen LogP contribution in [0, 0.1) is 10.1 Å². The van der Waals surface area contributed by atoms with Gasteiger partial charge in [0.05, 0.1) is 4.92 Å². The van der Waals surface area contributed by atoms with Crippen molar-refractivity contribution in [3.05, 3.63) is 39.9 Å². The highest BCUT2D eigenvalue weighted by atomic mass is 16.6. The summed E-state index contributed by atoms with van der Waals surface area (Å²) in [5, 5.41) is 10.6. The molecule has 1 fully saturated rings. The average molecular weight is 292 g/mol. The molecule has 1 heterocycles. The van der Waals surface area contributed by atoms with Crippen molar-refractivity contribution in [2.75, 3.05) is 6.54 Å². The highest BCUT2D eigenvalue weighted by molar-refractivity contribution is 5.69. The van der Waals surface area contributed by atoms with Gasteiger partial charge in [-0.2, -0.15) is 0 Å². The fraction of sp³-hybridized carbons (Fsp3) is 0.533. The third-order valence-corrected chi connectivity index (χ3v) is 3.39. The number of non-ortho nitro benzene ring substituents is 1. The molecule has 1 amide bonds. The molecule has 1 aromatic carbocycles. The predicted octanol–water partition coefficient (Wildman–Crippen LogP) is 3.15. The molecule has 1 aliphatic heterocycles. The number of nitro benzene ring substituents is 1. The predicted molar refractivity (Wildman–Crippen MR) is 78.1 cm³/mol. The number of benzene rings is 1. The Morgan fingerprint density at radius 1 is 1.38 bits per heavy atom. The summed E-state index contributed by atoms with van der Waals surface area (Å²) >= 11 is 0. The van der Waals surface area contributed by atoms with E-state index in [1.54, 1.807) is 17.0 Å². The van der Waals surface area contributed by atoms with Gasteiger partial charge in [0.1, 0.15) is 5.60 Å². The van der Waals surface area contributed by atoms with Crippen LogP contribution in [0.3, 0.4) is 0 Å². The Bertz CT molecular complexity index is 534. The van der Waals surface area contributed by atoms with Crippen LogP contribution < -0.4 is 0 Å². The van der Waals surface area contributed by atoms with Crippen LogP contribution in [0.5, 0.6) is 0 Å². The van der Waals surface area contributed by atoms with Crippen molar-refractivity contribution in [1.82, 2.24) is 4.90 Å². The van der Waals surface area contributed by atoms with Crippen molar-refractivity contribution in [1.29, 1.82) is 0 Å². The average Bonchev–Trinajstić information content (AvgIpc) is 2.32. The molecule has 0 saturated carbocycles. The van der Waals surface area contributed by atoms with E-state index in [0.717, 1.165) is 12.0 Å². The van der Waals surface area contributed by atoms with Crippen LogP contribution in [0.1, 0.15) is 32.8 Å². The van der Waals surface area contributed by atoms with E-state index >= 15 is 0 Å². The molecule has 114 valence electrons. The van der Waals surface area contributed by atoms with E-state index in [9.17, 15) is 14.9 Å². The molecular weight excluding hydrogens is 272 g/mol. The molecule has 6 heteroatoms. The normalized spacial score (nSPS) is 18.0. The Morgan fingerprint density at radius 3 is 2.43 bits per heavy atom. The number of hydrogen-bond acceptors (Lipinski definition) is 4. The first kappa shape index (κ1) is 15.3. The minimum Gasteiger partial charge on any atom is -0.444 e. The molecular formula is C15H20N2O4. The lowest BCUT2D eigenvalue weighted by Crippen LogP contribution is -2.53. The minimum atomic E-state index is -0.495. The van der Waals surface area contributed by atoms with E-state index in [1.807, 2.05) is 20.8 Å². The molecule has 0 spiro atoms. The molecule has 0 aliphatic carbocycles. The van der Waals surface area contributed by atoms with Crippen LogP contribution in [0.4, 0.5) is 10.5 Å². The number of carbonyl (C=O) groups excluding carboxylic acids is 1. The maximum Gasteiger partial charge on any atom is 0.410 e. The number of nitro groups is 1. The fourth-order valence-corrected chi connectivity index (χ4v) is 2.24. The summed E-state index contributed by atoms with van der Waals surface area (Å²) < 4.78 is 5.36. The second-order valence-electron chi connectivity index (χ2n) is 6.24. The number of nitrogens with zero attached hydrogens (tertiary/aromatic N) is 2. The Hall–Kier alpha value is -2.11. The standard InChI is InChI=1S/C15H20N2O4/c1-15(2,3)21-14(18)16-9-8-13(16)10-11-4-6-12(7-5-11)17(19)20/h4-7,13H,8-10H2,1-3H3. The molecule has 1 unspecified atom stereocenters. The number of ether oxygens (including phenoxy) is 1. The van der Waals surface area contributed by atoms with Crippen molar-refractivity contribution < 1.29 is 14.5 Å². The molecule has 0 radical (unpaired) electrons. The van der Waals surface area contributed by atoms with Gasteiger partial charge in [0.25, 0.3) is 5.69 Å². The van der Waals surface area contributed by atoms with E-state index in [-0.39, 0.29) is 17.8 Å². The van der Waals surface area contributed by atoms with E-state index in [0.29, 0.717) is 13.0 Å². The number of hydrogen-bond donors (Lipinski definition) is 0. The van der Waals surface area contributed by atoms with Crippen molar-refractivity contribution >= 4 is 11.8 Å². The van der Waals surface area contributed by atoms with Gasteiger partial charge in [-0.15, -0.1) is 0 Å². The van der Waals surface area contributed by atoms with Crippen LogP contribution in [0.2, 0.25) is 0 Å². The molecule has 1 aromatic rings. The summed E-state index contributed by atoms with van der Waals surface area (Å²) in [6.07, 6.45) is 1.33. The zero-order valence-electron chi connectivity index (χ0n) is 12.5. The lowest BCUT2D eigenvalue weighted by Gasteiger charge is -2.41. The van der Waals surface area contributed by atoms with E-state index < -0.39 is 10.5 Å². The number of amides is 1. The first-order valence-corrected chi connectivity index (χ1v) is 6.99. The largest absolute Gasteiger partial charge is 0.444 e. The quantitative estimate of drug-likeness (QED) is 0.633. The maximum atomic E-state index is 12.0. The van der Waals surface area contributed by atoms with Crippen molar-refractivity contribution in [3.63, 3.8) is 0 Å². The Balaban J connectivity index is 1.94. The van der Waals surface area contributed by atoms with Crippen molar-refractivity contribution in [2.24, 2.45) is 0 Å². The third-order valence-electron chi connectivity index (χ3n) is 3.39. The summed E-state index contributed by atoms with van der Waals surface area (Å²) in [6, 6.07) is 6.58. The number of carbonyl (C=O) groups is 1. The second-order valence-corrected chi connectivity index (χ2v) is 6.24. The molecule has 6 nitrogen and oxygen atoms in total. The summed E-state index contributed by atoms with van der Waals surface area (Å²) in [5.41, 5.74) is 0.570. The zero-order chi connectivity index (χ0) is 15.6. The van der Waals surface area contributed by atoms with Gasteiger partial charge in [0, 0.05) is 24.7 Å². The molecule has 1 atom stereocenters. The van der Waals surface area contributed by atoms with Crippen LogP contribution in [0.15, 0.2) is 24.3 Å². The summed E-state index contributed by atoms with van der Waals surface area (Å²) in [6.45, 7) is 6.23. The van der Waals surface area contributed by atoms with Crippen LogP contribution in [-0.4, -0.2) is 34.1 Å². The monoisotopic (exact) mass is 292 g/mol. The van der Waals surface area contributed by atoms with Crippen LogP contribution in [-0.2, 0) is 11.2 Å². The van der Waals surface area contributed by atoms with Gasteiger partial charge in [-0.1, -0.05) is 12.1 Å². The second kappa shape index (κ2) is 5.71. The van der Waals surface area contributed by atoms with Crippen LogP contribution in [0.25, 0.3) is 0 Å². The Labute approximate surface area is 123 Å². The van der Waals surface area contributed by atoms with E-state index in [2.05, 4.69) is 0 Å². The first-order chi connectivity index (χ1) is 9.76. The zero-order valence-corrected chi connectivity index (χ0v) is 12.5. The Morgan fingerprint density at radius 2 is 2.00 bits per heavy atom. The fourth-order valence-electron chi connectivity index (χ4n) is 2.24. The third kappa shape index (κ3) is 3.93. The minimum absolute atomic E-state index is 0.0800. The van der Waals surface area contributed by atoms with Gasteiger partial charge >= 0.3 is 6.09 Å².